The predicted octanol–water partition coefficient (Wildman–Crippen LogP) is 30.4. The molecule has 10 aliphatic rings. The van der Waals surface area contributed by atoms with E-state index in [-0.39, 0.29) is 37.5 Å². The minimum atomic E-state index is -5.23. The Balaban J connectivity index is 0.000000236. The molecule has 0 spiro atoms. The van der Waals surface area contributed by atoms with Gasteiger partial charge in [0.15, 0.2) is 5.41 Å². The molecule has 10 unspecified atom stereocenters. The highest BCUT2D eigenvalue weighted by Gasteiger charge is 2.76. The van der Waals surface area contributed by atoms with E-state index >= 15 is 0 Å². The van der Waals surface area contributed by atoms with Crippen molar-refractivity contribution in [3.05, 3.63) is 70.3 Å². The molecule has 0 saturated heterocycles. The SMILES string of the molecule is CC1CC(C)CC(C)C1.CC1CC2CC1CC2C.CC1CCC(C(C2CCC(C)CC2)(C(F)(F)F)C(F)(F)F)CC1.CC1CCC(C)CC1.CCC1CC(C)CC(CC)C1.CCC1CC2CC1CC2C.CCC1CCC(C)CC1.Cc1cc(C)cc(C)c1.Cc1ccc(C)cc1. The first-order valence-electron chi connectivity index (χ1n) is 41.3. The Bertz CT molecular complexity index is 2140. The lowest BCUT2D eigenvalue weighted by Gasteiger charge is -2.51. The fraction of sp³-hybridized carbons (Fsp3) is 0.867. The van der Waals surface area contributed by atoms with Gasteiger partial charge in [-0.3, -0.25) is 0 Å². The van der Waals surface area contributed by atoms with Crippen LogP contribution in [-0.2, 0) is 0 Å². The number of alkyl halides is 6. The van der Waals surface area contributed by atoms with Crippen LogP contribution in [0.2, 0.25) is 0 Å². The van der Waals surface area contributed by atoms with Gasteiger partial charge < -0.3 is 0 Å². The summed E-state index contributed by atoms with van der Waals surface area (Å²) in [6.45, 7) is 47.7. The third kappa shape index (κ3) is 29.0. The maximum absolute atomic E-state index is 13.9. The van der Waals surface area contributed by atoms with Gasteiger partial charge >= 0.3 is 12.4 Å². The first kappa shape index (κ1) is 86.4. The van der Waals surface area contributed by atoms with E-state index in [4.69, 9.17) is 0 Å². The molecule has 0 radical (unpaired) electrons. The summed E-state index contributed by atoms with van der Waals surface area (Å²) >= 11 is 0. The highest BCUT2D eigenvalue weighted by Crippen LogP contribution is 2.65. The molecule has 0 aromatic heterocycles. The molecule has 10 fully saturated rings. The average molecular weight is 1350 g/mol. The van der Waals surface area contributed by atoms with Crippen LogP contribution >= 0.6 is 0 Å². The lowest BCUT2D eigenvalue weighted by Crippen LogP contribution is -2.60. The summed E-state index contributed by atoms with van der Waals surface area (Å²) in [6.07, 6.45) is 27.2. The smallest absolute Gasteiger partial charge is 0.170 e. The van der Waals surface area contributed by atoms with Crippen LogP contribution in [0.1, 0.15) is 344 Å². The molecule has 96 heavy (non-hydrogen) atoms. The quantitative estimate of drug-likeness (QED) is 0.253. The summed E-state index contributed by atoms with van der Waals surface area (Å²) in [5, 5.41) is 0. The first-order chi connectivity index (χ1) is 45.1. The molecule has 0 N–H and O–H groups in total. The van der Waals surface area contributed by atoms with E-state index in [1.165, 1.54) is 156 Å². The van der Waals surface area contributed by atoms with Gasteiger partial charge in [0, 0.05) is 0 Å². The van der Waals surface area contributed by atoms with Crippen molar-refractivity contribution < 1.29 is 26.3 Å². The first-order valence-corrected chi connectivity index (χ1v) is 41.3. The average Bonchev–Trinajstić information content (AvgIpc) is 0.950. The number of benzene rings is 2. The van der Waals surface area contributed by atoms with Crippen LogP contribution in [0.3, 0.4) is 0 Å². The van der Waals surface area contributed by atoms with E-state index in [1.807, 2.05) is 13.8 Å². The Kier molecular flexibility index (Phi) is 38.3. The van der Waals surface area contributed by atoms with E-state index in [9.17, 15) is 26.3 Å². The van der Waals surface area contributed by atoms with E-state index in [0.717, 1.165) is 107 Å². The number of halogens is 6. The summed E-state index contributed by atoms with van der Waals surface area (Å²) in [6, 6.07) is 15.0. The van der Waals surface area contributed by atoms with Crippen molar-refractivity contribution in [3.8, 4) is 0 Å². The van der Waals surface area contributed by atoms with E-state index < -0.39 is 29.6 Å². The molecule has 10 atom stereocenters. The second kappa shape index (κ2) is 42.6. The van der Waals surface area contributed by atoms with Crippen LogP contribution in [0.25, 0.3) is 0 Å². The van der Waals surface area contributed by atoms with Gasteiger partial charge in [-0.25, -0.2) is 0 Å². The summed E-state index contributed by atoms with van der Waals surface area (Å²) in [7, 11) is 0. The van der Waals surface area contributed by atoms with E-state index in [0.29, 0.717) is 25.7 Å². The van der Waals surface area contributed by atoms with Crippen molar-refractivity contribution in [2.75, 3.05) is 0 Å². The van der Waals surface area contributed by atoms with Gasteiger partial charge in [0.05, 0.1) is 0 Å². The summed E-state index contributed by atoms with van der Waals surface area (Å²) < 4.78 is 83.5. The number of hydrogen-bond acceptors (Lipinski definition) is 0. The van der Waals surface area contributed by atoms with Crippen LogP contribution in [0.15, 0.2) is 42.5 Å². The van der Waals surface area contributed by atoms with Gasteiger partial charge in [0.25, 0.3) is 0 Å². The second-order valence-electron chi connectivity index (χ2n) is 36.4. The predicted molar refractivity (Wildman–Crippen MR) is 406 cm³/mol. The Morgan fingerprint density at radius 2 is 0.542 bits per heavy atom. The van der Waals surface area contributed by atoms with Crippen molar-refractivity contribution in [3.63, 3.8) is 0 Å². The minimum Gasteiger partial charge on any atom is -0.170 e. The number of fused-ring (bicyclic) bond motifs is 4. The summed E-state index contributed by atoms with van der Waals surface area (Å²) in [5.41, 5.74) is 3.21. The van der Waals surface area contributed by atoms with Crippen LogP contribution in [0, 0.1) is 170 Å². The molecule has 10 aliphatic carbocycles. The van der Waals surface area contributed by atoms with E-state index in [1.54, 1.807) is 25.7 Å². The Labute approximate surface area is 592 Å². The molecule has 0 heterocycles. The lowest BCUT2D eigenvalue weighted by molar-refractivity contribution is -0.382. The molecule has 2 aromatic carbocycles. The van der Waals surface area contributed by atoms with Gasteiger partial charge in [0.2, 0.25) is 0 Å². The van der Waals surface area contributed by atoms with Crippen LogP contribution in [-0.4, -0.2) is 12.4 Å². The van der Waals surface area contributed by atoms with Gasteiger partial charge in [-0.2, -0.15) is 26.3 Å². The maximum atomic E-state index is 13.9. The fourth-order valence-corrected chi connectivity index (χ4v) is 20.8. The van der Waals surface area contributed by atoms with Crippen molar-refractivity contribution in [2.24, 2.45) is 136 Å². The molecular formula is C90H156F6. The number of aryl methyl sites for hydroxylation is 5. The largest absolute Gasteiger partial charge is 0.403 e. The van der Waals surface area contributed by atoms with Crippen LogP contribution in [0.4, 0.5) is 26.3 Å². The Morgan fingerprint density at radius 3 is 0.792 bits per heavy atom. The topological polar surface area (TPSA) is 0 Å². The zero-order chi connectivity index (χ0) is 71.7. The van der Waals surface area contributed by atoms with E-state index in [2.05, 4.69) is 174 Å². The number of rotatable bonds is 6. The van der Waals surface area contributed by atoms with Crippen molar-refractivity contribution in [2.45, 2.75) is 363 Å². The molecule has 10 saturated carbocycles. The molecule has 558 valence electrons. The monoisotopic (exact) mass is 1350 g/mol. The Hall–Kier alpha value is -1.98. The molecule has 4 bridgehead atoms. The molecule has 12 rings (SSSR count). The van der Waals surface area contributed by atoms with Crippen LogP contribution in [0.5, 0.6) is 0 Å². The zero-order valence-electron chi connectivity index (χ0n) is 66.6. The zero-order valence-corrected chi connectivity index (χ0v) is 66.6. The normalized spacial score (nSPS) is 36.1. The molecule has 0 nitrogen and oxygen atoms in total. The second-order valence-corrected chi connectivity index (χ2v) is 36.4. The van der Waals surface area contributed by atoms with Crippen molar-refractivity contribution in [1.29, 1.82) is 0 Å². The fourth-order valence-electron chi connectivity index (χ4n) is 20.8. The van der Waals surface area contributed by atoms with Crippen molar-refractivity contribution in [1.82, 2.24) is 0 Å². The summed E-state index contributed by atoms with van der Waals surface area (Å²) in [4.78, 5) is 0. The minimum absolute atomic E-state index is 0.0340. The molecule has 2 aromatic rings. The van der Waals surface area contributed by atoms with Gasteiger partial charge in [-0.1, -0.05) is 284 Å². The Morgan fingerprint density at radius 1 is 0.271 bits per heavy atom. The summed E-state index contributed by atoms with van der Waals surface area (Å²) in [5.74, 6) is 16.8. The molecule has 0 amide bonds. The standard InChI is InChI=1S/C17H26F6.C11H22.C10H18.C9H16.C9H18.C9H12.C9H18.C8H16.C8H10/c1-11-3-7-13(8-4-11)15(16(18,19)20,17(21,22)23)14-9-5-12(2)6-10-14;1-4-10-6-9(3)7-11(5-2)8-10;1-3-8-5-9-6-10(8)4-7(9)2;1-6-3-9-5-8(6)4-7(9)2;2*1-7-4-8(2)6-9(3)5-7;1-3-9-6-4-8(2)5-7-9;2*1-7-3-5-8(2)6-4-7/h11-14H,3-10H2,1-2H3;9-11H,4-8H2,1-3H3;7-10H,3-6H2,1-2H3;6-9H,3-5H2,1-2H3;7-9H,4-6H2,1-3H3;4-6H,1-3H3;8-9H,3-7H2,1-2H3;7-8H,3-6H2,1-2H3;3-6H,1-2H3. The third-order valence-corrected chi connectivity index (χ3v) is 27.0. The van der Waals surface area contributed by atoms with Gasteiger partial charge in [0.1, 0.15) is 0 Å². The highest BCUT2D eigenvalue weighted by molar-refractivity contribution is 5.27. The highest BCUT2D eigenvalue weighted by atomic mass is 19.4. The number of hydrogen-bond donors (Lipinski definition) is 0. The lowest BCUT2D eigenvalue weighted by atomic mass is 9.56. The molecular weight excluding hydrogens is 1190 g/mol. The molecule has 0 aliphatic heterocycles. The molecule has 6 heteroatoms. The van der Waals surface area contributed by atoms with Gasteiger partial charge in [-0.15, -0.1) is 0 Å². The maximum Gasteiger partial charge on any atom is 0.403 e. The third-order valence-electron chi connectivity index (χ3n) is 27.0. The van der Waals surface area contributed by atoms with Gasteiger partial charge in [-0.05, 0) is 268 Å². The van der Waals surface area contributed by atoms with Crippen LogP contribution < -0.4 is 0 Å². The van der Waals surface area contributed by atoms with Crippen molar-refractivity contribution >= 4 is 0 Å².